The molecule has 9 nitrogen and oxygen atoms in total. The summed E-state index contributed by atoms with van der Waals surface area (Å²) in [4.78, 5) is 38.3. The Kier molecular flexibility index (Phi) is 11.9. The van der Waals surface area contributed by atoms with Crippen LogP contribution in [-0.4, -0.2) is 71.0 Å². The number of rotatable bonds is 15. The molecule has 230 valence electrons. The van der Waals surface area contributed by atoms with Gasteiger partial charge in [0.15, 0.2) is 6.61 Å². The molecule has 1 fully saturated rings. The van der Waals surface area contributed by atoms with Gasteiger partial charge < -0.3 is 25.0 Å². The summed E-state index contributed by atoms with van der Waals surface area (Å²) in [6, 6.07) is 5.80. The van der Waals surface area contributed by atoms with Crippen LogP contribution in [0.15, 0.2) is 18.2 Å². The molecule has 0 bridgehead atoms. The van der Waals surface area contributed by atoms with Crippen molar-refractivity contribution in [3.8, 4) is 5.75 Å². The Labute approximate surface area is 245 Å². The highest BCUT2D eigenvalue weighted by atomic mass is 16.6. The van der Waals surface area contributed by atoms with Gasteiger partial charge in [0.25, 0.3) is 0 Å². The highest BCUT2D eigenvalue weighted by molar-refractivity contribution is 5.89. The molecular weight excluding hydrogens is 524 g/mol. The molecule has 9 heteroatoms. The number of carboxylic acid groups (broad SMARTS) is 1. The zero-order chi connectivity index (χ0) is 30.2. The highest BCUT2D eigenvalue weighted by Crippen LogP contribution is 2.48. The summed E-state index contributed by atoms with van der Waals surface area (Å²) in [5, 5.41) is 23.0. The van der Waals surface area contributed by atoms with Crippen molar-refractivity contribution in [3.05, 3.63) is 29.3 Å². The number of carboxylic acids is 1. The maximum Gasteiger partial charge on any atom is 0.410 e. The average Bonchev–Trinajstić information content (AvgIpc) is 3.24. The van der Waals surface area contributed by atoms with E-state index in [-0.39, 0.29) is 24.5 Å². The van der Waals surface area contributed by atoms with Crippen LogP contribution in [0.1, 0.15) is 90.2 Å². The van der Waals surface area contributed by atoms with E-state index in [1.807, 2.05) is 19.1 Å². The van der Waals surface area contributed by atoms with Gasteiger partial charge in [-0.15, -0.1) is 0 Å². The molecule has 0 saturated heterocycles. The second kappa shape index (κ2) is 14.9. The first kappa shape index (κ1) is 32.7. The molecule has 3 rings (SSSR count). The van der Waals surface area contributed by atoms with Crippen LogP contribution >= 0.6 is 0 Å². The van der Waals surface area contributed by atoms with Crippen molar-refractivity contribution >= 4 is 18.0 Å². The fraction of sp³-hybridized carbons (Fsp3) is 0.719. The lowest BCUT2D eigenvalue weighted by Gasteiger charge is -2.35. The molecule has 0 spiro atoms. The van der Waals surface area contributed by atoms with E-state index in [1.165, 1.54) is 4.90 Å². The van der Waals surface area contributed by atoms with Gasteiger partial charge in [-0.3, -0.25) is 9.69 Å². The lowest BCUT2D eigenvalue weighted by atomic mass is 9.73. The third kappa shape index (κ3) is 8.37. The van der Waals surface area contributed by atoms with E-state index < -0.39 is 23.7 Å². The van der Waals surface area contributed by atoms with E-state index in [4.69, 9.17) is 14.6 Å². The molecule has 5 atom stereocenters. The normalized spacial score (nSPS) is 22.3. The number of hydrogen-bond acceptors (Lipinski definition) is 6. The first-order chi connectivity index (χ1) is 19.5. The molecular formula is C32H50N2O7. The number of nitrogens with one attached hydrogen (secondary N) is 1. The van der Waals surface area contributed by atoms with E-state index in [0.29, 0.717) is 37.0 Å². The Morgan fingerprint density at radius 3 is 2.56 bits per heavy atom. The number of aliphatic carboxylic acids is 1. The topological polar surface area (TPSA) is 125 Å². The average molecular weight is 575 g/mol. The fourth-order valence-corrected chi connectivity index (χ4v) is 6.40. The first-order valence-corrected chi connectivity index (χ1v) is 15.4. The third-order valence-corrected chi connectivity index (χ3v) is 9.12. The van der Waals surface area contributed by atoms with E-state index in [1.54, 1.807) is 20.9 Å². The molecule has 2 aliphatic carbocycles. The van der Waals surface area contributed by atoms with Crippen molar-refractivity contribution in [2.24, 2.45) is 17.8 Å². The molecule has 0 aliphatic heterocycles. The number of fused-ring (bicyclic) bond motifs is 2. The summed E-state index contributed by atoms with van der Waals surface area (Å²) >= 11 is 0. The smallest absolute Gasteiger partial charge is 0.410 e. The standard InChI is InChI=1S/C32H50N2O7/c1-6-8-9-12-23(41-31(39)34(5)32(3,4)30(38)33-16-7-2)14-15-24-25-17-21-11-10-13-28(40-20-29(36)37)26(21)18-22(25)19-27(24)35/h10-11,13,22-25,27,35H,6-9,12,14-20H2,1-5H3,(H,33,38)(H,36,37). The minimum absolute atomic E-state index is 0.0955. The predicted molar refractivity (Wildman–Crippen MR) is 157 cm³/mol. The molecule has 2 amide bonds. The Morgan fingerprint density at radius 2 is 1.88 bits per heavy atom. The molecule has 1 saturated carbocycles. The number of benzene rings is 1. The summed E-state index contributed by atoms with van der Waals surface area (Å²) in [7, 11) is 1.61. The zero-order valence-electron chi connectivity index (χ0n) is 25.5. The second-order valence-electron chi connectivity index (χ2n) is 12.3. The van der Waals surface area contributed by atoms with Gasteiger partial charge >= 0.3 is 12.1 Å². The first-order valence-electron chi connectivity index (χ1n) is 15.4. The summed E-state index contributed by atoms with van der Waals surface area (Å²) in [5.74, 6) is 0.111. The number of hydrogen-bond donors (Lipinski definition) is 3. The van der Waals surface area contributed by atoms with Crippen molar-refractivity contribution in [3.63, 3.8) is 0 Å². The van der Waals surface area contributed by atoms with Crippen molar-refractivity contribution in [1.82, 2.24) is 10.2 Å². The van der Waals surface area contributed by atoms with Crippen LogP contribution < -0.4 is 10.1 Å². The minimum atomic E-state index is -1.04. The number of aliphatic hydroxyl groups excluding tert-OH is 1. The Morgan fingerprint density at radius 1 is 1.12 bits per heavy atom. The highest BCUT2D eigenvalue weighted by Gasteiger charge is 2.45. The lowest BCUT2D eigenvalue weighted by molar-refractivity contribution is -0.139. The number of aliphatic hydroxyl groups is 1. The van der Waals surface area contributed by atoms with Crippen molar-refractivity contribution < 1.29 is 34.1 Å². The van der Waals surface area contributed by atoms with Gasteiger partial charge in [-0.1, -0.05) is 38.8 Å². The van der Waals surface area contributed by atoms with Gasteiger partial charge in [0.05, 0.1) is 6.10 Å². The van der Waals surface area contributed by atoms with Crippen molar-refractivity contribution in [1.29, 1.82) is 0 Å². The van der Waals surface area contributed by atoms with E-state index in [0.717, 1.165) is 62.5 Å². The maximum absolute atomic E-state index is 13.2. The molecule has 0 aromatic heterocycles. The molecule has 2 aliphatic rings. The predicted octanol–water partition coefficient (Wildman–Crippen LogP) is 4.96. The van der Waals surface area contributed by atoms with Gasteiger partial charge in [-0.05, 0) is 100 Å². The number of amides is 2. The number of unbranched alkanes of at least 4 members (excludes halogenated alkanes) is 2. The van der Waals surface area contributed by atoms with Gasteiger partial charge in [-0.25, -0.2) is 9.59 Å². The van der Waals surface area contributed by atoms with Crippen LogP contribution in [0.25, 0.3) is 0 Å². The van der Waals surface area contributed by atoms with Crippen LogP contribution in [0, 0.1) is 17.8 Å². The summed E-state index contributed by atoms with van der Waals surface area (Å²) < 4.78 is 11.6. The summed E-state index contributed by atoms with van der Waals surface area (Å²) in [5.41, 5.74) is 1.17. The molecule has 3 N–H and O–H groups in total. The van der Waals surface area contributed by atoms with Crippen LogP contribution in [0.5, 0.6) is 5.75 Å². The van der Waals surface area contributed by atoms with Crippen LogP contribution in [-0.2, 0) is 27.2 Å². The third-order valence-electron chi connectivity index (χ3n) is 9.12. The monoisotopic (exact) mass is 574 g/mol. The van der Waals surface area contributed by atoms with Gasteiger partial charge in [0.2, 0.25) is 5.91 Å². The van der Waals surface area contributed by atoms with Crippen molar-refractivity contribution in [2.45, 2.75) is 110 Å². The Bertz CT molecular complexity index is 1040. The summed E-state index contributed by atoms with van der Waals surface area (Å²) in [6.07, 6.45) is 7.09. The van der Waals surface area contributed by atoms with Crippen LogP contribution in [0.2, 0.25) is 0 Å². The van der Waals surface area contributed by atoms with E-state index >= 15 is 0 Å². The number of carbonyl (C=O) groups is 3. The number of ether oxygens (including phenoxy) is 2. The molecule has 1 aromatic rings. The minimum Gasteiger partial charge on any atom is -0.482 e. The van der Waals surface area contributed by atoms with E-state index in [9.17, 15) is 19.5 Å². The molecule has 1 aromatic carbocycles. The maximum atomic E-state index is 13.2. The fourth-order valence-electron chi connectivity index (χ4n) is 6.40. The van der Waals surface area contributed by atoms with E-state index in [2.05, 4.69) is 18.3 Å². The summed E-state index contributed by atoms with van der Waals surface area (Å²) in [6.45, 7) is 7.75. The van der Waals surface area contributed by atoms with Crippen LogP contribution in [0.4, 0.5) is 4.79 Å². The molecule has 0 radical (unpaired) electrons. The molecule has 41 heavy (non-hydrogen) atoms. The lowest BCUT2D eigenvalue weighted by Crippen LogP contribution is -2.56. The number of likely N-dealkylation sites (N-methyl/N-ethyl adjacent to an activating group) is 1. The molecule has 5 unspecified atom stereocenters. The van der Waals surface area contributed by atoms with Gasteiger partial charge in [0, 0.05) is 13.6 Å². The van der Waals surface area contributed by atoms with Gasteiger partial charge in [-0.2, -0.15) is 0 Å². The SMILES string of the molecule is CCCCCC(CCC1C(O)CC2Cc3c(cccc3OCC(=O)O)CC21)OC(=O)N(C)C(C)(C)C(=O)NCCC. The number of nitrogens with zero attached hydrogens (tertiary/aromatic N) is 1. The van der Waals surface area contributed by atoms with Crippen molar-refractivity contribution in [2.75, 3.05) is 20.2 Å². The largest absolute Gasteiger partial charge is 0.482 e. The Hall–Kier alpha value is -2.81. The van der Waals surface area contributed by atoms with Gasteiger partial charge in [0.1, 0.15) is 17.4 Å². The molecule has 0 heterocycles. The van der Waals surface area contributed by atoms with Crippen LogP contribution in [0.3, 0.4) is 0 Å². The Balaban J connectivity index is 1.66. The zero-order valence-corrected chi connectivity index (χ0v) is 25.5. The number of carbonyl (C=O) groups excluding carboxylic acids is 2. The quantitative estimate of drug-likeness (QED) is 0.253. The second-order valence-corrected chi connectivity index (χ2v) is 12.3.